The zero-order valence-corrected chi connectivity index (χ0v) is 36.3. The minimum Gasteiger partial charge on any atom is -0.508 e. The fourth-order valence-electron chi connectivity index (χ4n) is 10.7. The Bertz CT molecular complexity index is 2450. The average Bonchev–Trinajstić information content (AvgIpc) is 3.83. The maximum Gasteiger partial charge on any atom is 0.320 e. The fourth-order valence-corrected chi connectivity index (χ4v) is 15.9. The molecule has 0 aliphatic carbocycles. The van der Waals surface area contributed by atoms with Gasteiger partial charge in [-0.2, -0.15) is 15.1 Å². The van der Waals surface area contributed by atoms with Crippen molar-refractivity contribution >= 4 is 46.7 Å². The Morgan fingerprint density at radius 3 is 2.50 bits per heavy atom. The molecule has 0 bridgehead atoms. The number of fused-ring (bicyclic) bond motifs is 5. The van der Waals surface area contributed by atoms with E-state index in [1.54, 1.807) is 29.8 Å². The number of phenols is 1. The van der Waals surface area contributed by atoms with Gasteiger partial charge in [0.15, 0.2) is 5.65 Å². The topological polar surface area (TPSA) is 114 Å². The van der Waals surface area contributed by atoms with E-state index in [1.165, 1.54) is 6.07 Å². The van der Waals surface area contributed by atoms with Crippen LogP contribution in [0.5, 0.6) is 11.8 Å². The summed E-state index contributed by atoms with van der Waals surface area (Å²) in [6, 6.07) is 6.55. The van der Waals surface area contributed by atoms with Gasteiger partial charge < -0.3 is 29.2 Å². The highest BCUT2D eigenvalue weighted by atomic mass is 28.3. The Morgan fingerprint density at radius 2 is 1.78 bits per heavy atom. The molecule has 58 heavy (non-hydrogen) atoms. The number of aromatic hydroxyl groups is 1. The molecule has 11 nitrogen and oxygen atoms in total. The molecule has 5 aromatic rings. The number of phenolic OH excluding ortho intramolecular Hbond substituents is 1. The number of halogens is 2. The number of aliphatic hydroxyl groups is 1. The highest BCUT2D eigenvalue weighted by Crippen LogP contribution is 2.45. The predicted molar refractivity (Wildman–Crippen MR) is 227 cm³/mol. The third-order valence-electron chi connectivity index (χ3n) is 13.3. The summed E-state index contributed by atoms with van der Waals surface area (Å²) in [7, 11) is 1.50. The molecule has 3 fully saturated rings. The number of ether oxygens (including phenoxy) is 2. The van der Waals surface area contributed by atoms with Crippen LogP contribution >= 0.6 is 0 Å². The number of aryl methyl sites for hydroxylation is 2. The number of benzene rings is 2. The summed E-state index contributed by atoms with van der Waals surface area (Å²) < 4.78 is 47.0. The molecule has 8 rings (SSSR count). The molecular weight excluding hydrogens is 757 g/mol. The lowest BCUT2D eigenvalue weighted by Crippen LogP contribution is -2.44. The molecule has 6 heterocycles. The molecule has 0 spiro atoms. The molecule has 2 N–H and O–H groups in total. The molecular formula is C44H57F2N7O4Si. The van der Waals surface area contributed by atoms with Gasteiger partial charge in [-0.25, -0.2) is 8.78 Å². The fraction of sp³-hybridized carbons (Fsp3) is 0.568. The number of rotatable bonds is 8. The summed E-state index contributed by atoms with van der Waals surface area (Å²) in [5, 5.41) is 29.5. The second kappa shape index (κ2) is 14.8. The van der Waals surface area contributed by atoms with Gasteiger partial charge in [-0.3, -0.25) is 9.58 Å². The first-order valence-electron chi connectivity index (χ1n) is 20.7. The number of hydrogen-bond donors (Lipinski definition) is 2. The van der Waals surface area contributed by atoms with Gasteiger partial charge in [0.1, 0.15) is 49.5 Å². The van der Waals surface area contributed by atoms with Crippen LogP contribution in [-0.2, 0) is 18.8 Å². The van der Waals surface area contributed by atoms with Gasteiger partial charge in [-0.05, 0) is 66.5 Å². The third kappa shape index (κ3) is 6.62. The minimum absolute atomic E-state index is 0.0200. The number of hydrogen-bond acceptors (Lipinski definition) is 9. The van der Waals surface area contributed by atoms with E-state index in [0.29, 0.717) is 87.1 Å². The first-order chi connectivity index (χ1) is 27.5. The molecule has 2 aromatic carbocycles. The quantitative estimate of drug-likeness (QED) is 0.121. The van der Waals surface area contributed by atoms with E-state index in [1.807, 2.05) is 23.6 Å². The summed E-state index contributed by atoms with van der Waals surface area (Å²) in [5.74, 6) is 3.55. The normalized spacial score (nSPS) is 23.2. The van der Waals surface area contributed by atoms with E-state index in [0.717, 1.165) is 24.9 Å². The minimum atomic E-state index is -2.25. The maximum atomic E-state index is 16.3. The van der Waals surface area contributed by atoms with Crippen molar-refractivity contribution in [2.45, 2.75) is 102 Å². The number of β-amino-alcohol motifs (C(OH)–C–C–N with tert-alkyl or cyclic N) is 1. The second-order valence-electron chi connectivity index (χ2n) is 18.3. The lowest BCUT2D eigenvalue weighted by atomic mass is 9.95. The second-order valence-corrected chi connectivity index (χ2v) is 23.8. The maximum absolute atomic E-state index is 16.3. The molecule has 3 aliphatic rings. The average molecular weight is 814 g/mol. The van der Waals surface area contributed by atoms with Crippen LogP contribution in [0.1, 0.15) is 73.3 Å². The smallest absolute Gasteiger partial charge is 0.320 e. The first kappa shape index (κ1) is 40.5. The van der Waals surface area contributed by atoms with Crippen LogP contribution in [0.3, 0.4) is 0 Å². The van der Waals surface area contributed by atoms with E-state index in [-0.39, 0.29) is 37.1 Å². The lowest BCUT2D eigenvalue weighted by Gasteiger charge is -2.38. The largest absolute Gasteiger partial charge is 0.508 e. The van der Waals surface area contributed by atoms with Gasteiger partial charge in [-0.15, -0.1) is 5.54 Å². The summed E-state index contributed by atoms with van der Waals surface area (Å²) in [6.07, 6.45) is 1.35. The predicted octanol–water partition coefficient (Wildman–Crippen LogP) is 7.63. The molecule has 3 saturated heterocycles. The van der Waals surface area contributed by atoms with Crippen LogP contribution in [0.2, 0.25) is 16.6 Å². The molecule has 3 aromatic heterocycles. The molecule has 310 valence electrons. The highest BCUT2D eigenvalue weighted by Gasteiger charge is 2.49. The van der Waals surface area contributed by atoms with E-state index < -0.39 is 31.2 Å². The Labute approximate surface area is 340 Å². The van der Waals surface area contributed by atoms with Crippen molar-refractivity contribution in [3.63, 3.8) is 0 Å². The van der Waals surface area contributed by atoms with Gasteiger partial charge in [0.05, 0.1) is 47.3 Å². The van der Waals surface area contributed by atoms with Crippen LogP contribution in [0, 0.1) is 17.3 Å². The van der Waals surface area contributed by atoms with Crippen molar-refractivity contribution < 1.29 is 28.5 Å². The first-order valence-corrected chi connectivity index (χ1v) is 23.0. The van der Waals surface area contributed by atoms with E-state index in [9.17, 15) is 14.6 Å². The molecule has 0 saturated carbocycles. The summed E-state index contributed by atoms with van der Waals surface area (Å²) in [5.41, 5.74) is 6.57. The van der Waals surface area contributed by atoms with Crippen LogP contribution in [0.25, 0.3) is 44.1 Å². The Balaban J connectivity index is 1.36. The van der Waals surface area contributed by atoms with E-state index in [2.05, 4.69) is 57.9 Å². The number of anilines is 1. The van der Waals surface area contributed by atoms with Crippen molar-refractivity contribution in [1.29, 1.82) is 0 Å². The van der Waals surface area contributed by atoms with Crippen LogP contribution in [0.4, 0.5) is 14.6 Å². The lowest BCUT2D eigenvalue weighted by molar-refractivity contribution is -0.0123. The van der Waals surface area contributed by atoms with Gasteiger partial charge >= 0.3 is 6.01 Å². The number of nitrogens with zero attached hydrogens (tertiary/aromatic N) is 7. The zero-order chi connectivity index (χ0) is 41.5. The molecule has 3 atom stereocenters. The van der Waals surface area contributed by atoms with Crippen molar-refractivity contribution in [2.75, 3.05) is 50.9 Å². The SMILES string of the molecule is CC(C)[Si](C#Cc1c(F)ccc2cc(O)cc(-c3nn(C)c4c5c(N6CCOC[C@@](C)(O)C6)nc(OC[C@@]67CCCN6C[C@H](F)C7)nc5n(C)c34)c12)(C(C)C)C(C)C. The zero-order valence-electron chi connectivity index (χ0n) is 35.3. The summed E-state index contributed by atoms with van der Waals surface area (Å²) in [4.78, 5) is 14.3. The van der Waals surface area contributed by atoms with Gasteiger partial charge in [0.2, 0.25) is 0 Å². The highest BCUT2D eigenvalue weighted by molar-refractivity contribution is 6.90. The molecule has 0 radical (unpaired) electrons. The van der Waals surface area contributed by atoms with Crippen LogP contribution in [0.15, 0.2) is 24.3 Å². The molecule has 3 aliphatic heterocycles. The van der Waals surface area contributed by atoms with Crippen LogP contribution < -0.4 is 9.64 Å². The van der Waals surface area contributed by atoms with Crippen molar-refractivity contribution in [1.82, 2.24) is 29.2 Å². The number of alkyl halides is 1. The van der Waals surface area contributed by atoms with Crippen molar-refractivity contribution in [2.24, 2.45) is 14.1 Å². The summed E-state index contributed by atoms with van der Waals surface area (Å²) in [6.45, 7) is 17.9. The monoisotopic (exact) mass is 813 g/mol. The van der Waals surface area contributed by atoms with E-state index in [4.69, 9.17) is 24.5 Å². The van der Waals surface area contributed by atoms with Gasteiger partial charge in [0, 0.05) is 44.6 Å². The molecule has 0 unspecified atom stereocenters. The number of aromatic nitrogens is 5. The summed E-state index contributed by atoms with van der Waals surface area (Å²) >= 11 is 0. The van der Waals surface area contributed by atoms with Crippen molar-refractivity contribution in [3.8, 4) is 34.5 Å². The van der Waals surface area contributed by atoms with Crippen molar-refractivity contribution in [3.05, 3.63) is 35.6 Å². The molecule has 0 amide bonds. The van der Waals surface area contributed by atoms with Crippen LogP contribution in [-0.4, -0.2) is 111 Å². The molecule has 14 heteroatoms. The Hall–Kier alpha value is -4.29. The van der Waals surface area contributed by atoms with E-state index >= 15 is 4.39 Å². The van der Waals surface area contributed by atoms with Gasteiger partial charge in [-0.1, -0.05) is 53.5 Å². The van der Waals surface area contributed by atoms with Gasteiger partial charge in [0.25, 0.3) is 0 Å². The third-order valence-corrected chi connectivity index (χ3v) is 19.6. The Morgan fingerprint density at radius 1 is 1.03 bits per heavy atom. The Kier molecular flexibility index (Phi) is 10.3. The standard InChI is InChI=1S/C44H57F2N7O4Si/c1-26(2)58(27(3)4,28(5)6)18-13-32-34(46)12-11-29-19-31(54)20-33(35(29)32)37-39-38(51(9)49-37)36-40(50(39)8)47-42(48-41(36)52-16-17-56-24-43(7,55)23-52)57-25-44-14-10-15-53(44)22-30(45)21-44/h11-12,19-20,26-28,30,54-55H,10,14-17,21-25H2,1-9H3/t30-,43+,44+/m1/s1.